The van der Waals surface area contributed by atoms with E-state index in [2.05, 4.69) is 0 Å². The molecule has 9 nitrogen and oxygen atoms in total. The third-order valence-electron chi connectivity index (χ3n) is 3.75. The molecule has 5 atom stereocenters. The lowest BCUT2D eigenvalue weighted by Crippen LogP contribution is -2.62. The zero-order valence-corrected chi connectivity index (χ0v) is 17.5. The van der Waals surface area contributed by atoms with Gasteiger partial charge in [-0.05, 0) is 34.1 Å². The summed E-state index contributed by atoms with van der Waals surface area (Å²) in [6.07, 6.45) is -4.88. The van der Waals surface area contributed by atoms with Crippen molar-refractivity contribution in [3.05, 3.63) is 0 Å². The Hall–Kier alpha value is -2.00. The number of ketones is 1. The zero-order valence-electron chi connectivity index (χ0n) is 17.5. The van der Waals surface area contributed by atoms with E-state index in [0.29, 0.717) is 0 Å². The van der Waals surface area contributed by atoms with Crippen molar-refractivity contribution in [2.75, 3.05) is 0 Å². The first-order valence-electron chi connectivity index (χ1n) is 9.14. The Balaban J connectivity index is 3.33. The molecule has 0 aliphatic carbocycles. The highest BCUT2D eigenvalue weighted by atomic mass is 16.7. The molecule has 2 unspecified atom stereocenters. The first kappa shape index (κ1) is 24.0. The molecule has 1 rings (SSSR count). The number of hydrogen-bond donors (Lipinski definition) is 0. The van der Waals surface area contributed by atoms with Crippen molar-refractivity contribution in [1.82, 2.24) is 0 Å². The molecule has 0 radical (unpaired) electrons. The van der Waals surface area contributed by atoms with E-state index in [1.165, 1.54) is 27.7 Å². The predicted molar refractivity (Wildman–Crippen MR) is 96.1 cm³/mol. The first-order valence-corrected chi connectivity index (χ1v) is 9.14. The van der Waals surface area contributed by atoms with Crippen molar-refractivity contribution >= 4 is 23.7 Å². The quantitative estimate of drug-likeness (QED) is 0.463. The molecule has 1 saturated heterocycles. The van der Waals surface area contributed by atoms with Crippen LogP contribution in [0.1, 0.15) is 61.3 Å². The topological polar surface area (TPSA) is 114 Å². The van der Waals surface area contributed by atoms with Gasteiger partial charge in [0, 0.05) is 27.2 Å². The van der Waals surface area contributed by atoms with E-state index in [0.717, 1.165) is 0 Å². The zero-order chi connectivity index (χ0) is 21.6. The van der Waals surface area contributed by atoms with Crippen molar-refractivity contribution in [1.29, 1.82) is 0 Å². The van der Waals surface area contributed by atoms with Gasteiger partial charge in [0.2, 0.25) is 0 Å². The minimum Gasteiger partial charge on any atom is -0.456 e. The molecule has 1 heterocycles. The Kier molecular flexibility index (Phi) is 8.56. The summed E-state index contributed by atoms with van der Waals surface area (Å²) in [5.41, 5.74) is -0.677. The van der Waals surface area contributed by atoms with Crippen molar-refractivity contribution in [2.24, 2.45) is 0 Å². The van der Waals surface area contributed by atoms with Gasteiger partial charge in [0.05, 0.1) is 5.60 Å². The lowest BCUT2D eigenvalue weighted by atomic mass is 9.94. The van der Waals surface area contributed by atoms with Gasteiger partial charge in [0.15, 0.2) is 24.6 Å². The summed E-state index contributed by atoms with van der Waals surface area (Å²) in [5.74, 6) is -2.00. The molecule has 0 aromatic rings. The van der Waals surface area contributed by atoms with E-state index in [-0.39, 0.29) is 18.6 Å². The third-order valence-corrected chi connectivity index (χ3v) is 3.75. The molecule has 0 aromatic carbocycles. The van der Waals surface area contributed by atoms with Gasteiger partial charge >= 0.3 is 17.9 Å². The van der Waals surface area contributed by atoms with Crippen molar-refractivity contribution < 1.29 is 42.9 Å². The Morgan fingerprint density at radius 2 is 1.25 bits per heavy atom. The van der Waals surface area contributed by atoms with Crippen LogP contribution in [0, 0.1) is 0 Å². The number of carbonyl (C=O) groups is 4. The lowest BCUT2D eigenvalue weighted by Gasteiger charge is -2.45. The highest BCUT2D eigenvalue weighted by molar-refractivity contribution is 5.75. The maximum atomic E-state index is 11.7. The highest BCUT2D eigenvalue weighted by Crippen LogP contribution is 2.33. The fourth-order valence-corrected chi connectivity index (χ4v) is 2.88. The van der Waals surface area contributed by atoms with Gasteiger partial charge in [-0.25, -0.2) is 0 Å². The largest absolute Gasteiger partial charge is 0.456 e. The molecule has 0 aromatic heterocycles. The van der Waals surface area contributed by atoms with E-state index in [1.807, 2.05) is 0 Å². The summed E-state index contributed by atoms with van der Waals surface area (Å²) in [5, 5.41) is 0. The van der Waals surface area contributed by atoms with Crippen molar-refractivity contribution in [3.8, 4) is 0 Å². The molecule has 0 N–H and O–H groups in total. The summed E-state index contributed by atoms with van der Waals surface area (Å²) in [6, 6.07) is 0. The summed E-state index contributed by atoms with van der Waals surface area (Å²) in [7, 11) is 0. The molecule has 1 aliphatic heterocycles. The summed E-state index contributed by atoms with van der Waals surface area (Å²) < 4.78 is 27.8. The van der Waals surface area contributed by atoms with E-state index < -0.39 is 54.2 Å². The number of carbonyl (C=O) groups excluding carboxylic acids is 4. The Morgan fingerprint density at radius 1 is 0.786 bits per heavy atom. The number of Topliss-reactive ketones (excluding diaryl/α,β-unsaturated/α-hetero) is 1. The van der Waals surface area contributed by atoms with E-state index in [1.54, 1.807) is 20.8 Å². The van der Waals surface area contributed by atoms with Crippen LogP contribution in [0.3, 0.4) is 0 Å². The van der Waals surface area contributed by atoms with Crippen LogP contribution in [-0.4, -0.2) is 60.0 Å². The second-order valence-corrected chi connectivity index (χ2v) is 7.74. The molecule has 9 heteroatoms. The van der Waals surface area contributed by atoms with Crippen LogP contribution in [0.15, 0.2) is 0 Å². The molecule has 28 heavy (non-hydrogen) atoms. The highest BCUT2D eigenvalue weighted by Gasteiger charge is 2.52. The Labute approximate surface area is 165 Å². The van der Waals surface area contributed by atoms with Crippen LogP contribution in [0.4, 0.5) is 0 Å². The Morgan fingerprint density at radius 3 is 1.68 bits per heavy atom. The van der Waals surface area contributed by atoms with E-state index >= 15 is 0 Å². The number of ether oxygens (including phenoxy) is 5. The fourth-order valence-electron chi connectivity index (χ4n) is 2.88. The molecular weight excluding hydrogens is 372 g/mol. The summed E-state index contributed by atoms with van der Waals surface area (Å²) in [6.45, 7) is 10.4. The van der Waals surface area contributed by atoms with Gasteiger partial charge in [-0.1, -0.05) is 0 Å². The first-order chi connectivity index (χ1) is 12.8. The average Bonchev–Trinajstić information content (AvgIpc) is 2.48. The molecule has 0 spiro atoms. The van der Waals surface area contributed by atoms with Crippen LogP contribution in [0.25, 0.3) is 0 Å². The molecule has 1 fully saturated rings. The van der Waals surface area contributed by atoms with Gasteiger partial charge in [-0.3, -0.25) is 14.4 Å². The van der Waals surface area contributed by atoms with E-state index in [9.17, 15) is 19.2 Å². The van der Waals surface area contributed by atoms with Gasteiger partial charge < -0.3 is 28.5 Å². The lowest BCUT2D eigenvalue weighted by molar-refractivity contribution is -0.322. The van der Waals surface area contributed by atoms with Crippen LogP contribution < -0.4 is 0 Å². The average molecular weight is 402 g/mol. The van der Waals surface area contributed by atoms with Crippen LogP contribution in [0.5, 0.6) is 0 Å². The second-order valence-electron chi connectivity index (χ2n) is 7.74. The van der Waals surface area contributed by atoms with Crippen LogP contribution >= 0.6 is 0 Å². The minimum absolute atomic E-state index is 0.0791. The SMILES string of the molecule is CC(=O)CCC1OC(OC(C)(C)C)[C@@H](OC(C)=O)[C@@H](OC(C)=O)[C@H]1OC(C)=O. The summed E-state index contributed by atoms with van der Waals surface area (Å²) in [4.78, 5) is 46.4. The van der Waals surface area contributed by atoms with Gasteiger partial charge in [0.1, 0.15) is 11.9 Å². The predicted octanol–water partition coefficient (Wildman–Crippen LogP) is 1.69. The van der Waals surface area contributed by atoms with Gasteiger partial charge in [-0.2, -0.15) is 0 Å². The molecule has 0 amide bonds. The Bertz CT molecular complexity index is 593. The monoisotopic (exact) mass is 402 g/mol. The van der Waals surface area contributed by atoms with Crippen LogP contribution in [-0.2, 0) is 42.9 Å². The van der Waals surface area contributed by atoms with Gasteiger partial charge in [0.25, 0.3) is 0 Å². The van der Waals surface area contributed by atoms with Crippen molar-refractivity contribution in [3.63, 3.8) is 0 Å². The second kappa shape index (κ2) is 9.97. The maximum Gasteiger partial charge on any atom is 0.303 e. The molecule has 160 valence electrons. The van der Waals surface area contributed by atoms with Gasteiger partial charge in [-0.15, -0.1) is 0 Å². The van der Waals surface area contributed by atoms with Crippen LogP contribution in [0.2, 0.25) is 0 Å². The molecule has 0 saturated carbocycles. The number of esters is 3. The smallest absolute Gasteiger partial charge is 0.303 e. The standard InChI is InChI=1S/C19H30O9/c1-10(20)8-9-14-15(24-11(2)21)16(25-12(3)22)17(26-13(4)23)18(27-14)28-19(5,6)7/h14-18H,8-9H2,1-7H3/t14?,15-,16-,17-,18?/m0/s1. The molecule has 1 aliphatic rings. The van der Waals surface area contributed by atoms with E-state index in [4.69, 9.17) is 23.7 Å². The fraction of sp³-hybridized carbons (Fsp3) is 0.789. The summed E-state index contributed by atoms with van der Waals surface area (Å²) >= 11 is 0. The molecular formula is C19H30O9. The third kappa shape index (κ3) is 7.93. The minimum atomic E-state index is -1.15. The normalized spacial score (nSPS) is 27.6. The number of rotatable bonds is 7. The maximum absolute atomic E-state index is 11.7. The number of hydrogen-bond acceptors (Lipinski definition) is 9. The molecule has 0 bridgehead atoms. The van der Waals surface area contributed by atoms with Crippen molar-refractivity contribution in [2.45, 2.75) is 97.6 Å².